The van der Waals surface area contributed by atoms with Crippen molar-refractivity contribution >= 4 is 29.4 Å². The zero-order valence-electron chi connectivity index (χ0n) is 17.8. The number of benzene rings is 2. The summed E-state index contributed by atoms with van der Waals surface area (Å²) >= 11 is 0. The van der Waals surface area contributed by atoms with E-state index in [1.165, 1.54) is 18.2 Å². The molecule has 4 rings (SSSR count). The summed E-state index contributed by atoms with van der Waals surface area (Å²) in [6, 6.07) is 6.57. The molecule has 4 N–H and O–H groups in total. The SMILES string of the molecule is N=C/C(=C\NC1CC1)c1ccc(NC(=O)C2(c3ccc(C(F)(F)F)cc3F)CC2)cc1C(=O)O. The fourth-order valence-corrected chi connectivity index (χ4v) is 3.78. The summed E-state index contributed by atoms with van der Waals surface area (Å²) in [6.07, 6.45) is 0.404. The van der Waals surface area contributed by atoms with Crippen LogP contribution in [-0.2, 0) is 16.4 Å². The monoisotopic (exact) mass is 475 g/mol. The average Bonchev–Trinajstić information content (AvgIpc) is 3.69. The Balaban J connectivity index is 1.58. The molecule has 0 saturated heterocycles. The lowest BCUT2D eigenvalue weighted by Gasteiger charge is -2.18. The van der Waals surface area contributed by atoms with E-state index in [9.17, 15) is 32.3 Å². The number of aromatic carboxylic acids is 1. The van der Waals surface area contributed by atoms with Crippen LogP contribution < -0.4 is 10.6 Å². The highest BCUT2D eigenvalue weighted by Gasteiger charge is 2.53. The first-order valence-electron chi connectivity index (χ1n) is 10.6. The maximum Gasteiger partial charge on any atom is 0.416 e. The molecule has 10 heteroatoms. The number of carboxylic acid groups (broad SMARTS) is 1. The molecule has 178 valence electrons. The van der Waals surface area contributed by atoms with E-state index in [2.05, 4.69) is 10.6 Å². The highest BCUT2D eigenvalue weighted by molar-refractivity contribution is 6.12. The molecule has 2 aliphatic rings. The summed E-state index contributed by atoms with van der Waals surface area (Å²) < 4.78 is 53.1. The molecule has 6 nitrogen and oxygen atoms in total. The number of carboxylic acids is 1. The van der Waals surface area contributed by atoms with E-state index >= 15 is 0 Å². The third-order valence-electron chi connectivity index (χ3n) is 6.02. The minimum Gasteiger partial charge on any atom is -0.478 e. The molecular formula is C24H21F4N3O3. The van der Waals surface area contributed by atoms with Crippen LogP contribution in [0.2, 0.25) is 0 Å². The quantitative estimate of drug-likeness (QED) is 0.320. The number of hydrogen-bond donors (Lipinski definition) is 4. The first kappa shape index (κ1) is 23.5. The van der Waals surface area contributed by atoms with E-state index in [4.69, 9.17) is 5.41 Å². The van der Waals surface area contributed by atoms with Crippen molar-refractivity contribution in [1.82, 2.24) is 5.32 Å². The number of carbonyl (C=O) groups is 2. The fraction of sp³-hybridized carbons (Fsp3) is 0.292. The molecule has 34 heavy (non-hydrogen) atoms. The summed E-state index contributed by atoms with van der Waals surface area (Å²) in [5.74, 6) is -3.01. The van der Waals surface area contributed by atoms with Gasteiger partial charge in [-0.3, -0.25) is 4.79 Å². The summed E-state index contributed by atoms with van der Waals surface area (Å²) in [7, 11) is 0. The highest BCUT2D eigenvalue weighted by Crippen LogP contribution is 2.50. The van der Waals surface area contributed by atoms with Crippen LogP contribution in [0.25, 0.3) is 5.57 Å². The Bertz CT molecular complexity index is 1200. The first-order valence-corrected chi connectivity index (χ1v) is 10.6. The summed E-state index contributed by atoms with van der Waals surface area (Å²) in [6.45, 7) is 0. The highest BCUT2D eigenvalue weighted by atomic mass is 19.4. The number of amides is 1. The molecule has 0 aromatic heterocycles. The van der Waals surface area contributed by atoms with Crippen molar-refractivity contribution in [3.63, 3.8) is 0 Å². The smallest absolute Gasteiger partial charge is 0.416 e. The molecule has 0 bridgehead atoms. The molecular weight excluding hydrogens is 454 g/mol. The third-order valence-corrected chi connectivity index (χ3v) is 6.02. The van der Waals surface area contributed by atoms with E-state index in [1.807, 2.05) is 0 Å². The standard InChI is InChI=1S/C24H21F4N3O3/c25-20-9-14(24(26,27)28)1-6-19(20)23(7-8-23)22(34)31-16-4-5-17(18(10-16)21(32)33)13(11-29)12-30-15-2-3-15/h1,4-6,9-12,15,29-30H,2-3,7-8H2,(H,31,34)(H,32,33)/b13-12+,29-11?. The number of allylic oxidation sites excluding steroid dienone is 1. The lowest BCUT2D eigenvalue weighted by Crippen LogP contribution is -2.29. The molecule has 2 saturated carbocycles. The summed E-state index contributed by atoms with van der Waals surface area (Å²) in [4.78, 5) is 24.8. The van der Waals surface area contributed by atoms with Gasteiger partial charge in [-0.25, -0.2) is 9.18 Å². The predicted octanol–water partition coefficient (Wildman–Crippen LogP) is 4.96. The Kier molecular flexibility index (Phi) is 5.93. The van der Waals surface area contributed by atoms with Crippen molar-refractivity contribution in [3.8, 4) is 0 Å². The molecule has 0 heterocycles. The van der Waals surface area contributed by atoms with Gasteiger partial charge in [0, 0.05) is 35.3 Å². The van der Waals surface area contributed by atoms with Crippen molar-refractivity contribution in [2.75, 3.05) is 5.32 Å². The van der Waals surface area contributed by atoms with Gasteiger partial charge >= 0.3 is 12.1 Å². The largest absolute Gasteiger partial charge is 0.478 e. The van der Waals surface area contributed by atoms with E-state index in [-0.39, 0.29) is 35.2 Å². The topological polar surface area (TPSA) is 102 Å². The first-order chi connectivity index (χ1) is 16.0. The molecule has 0 spiro atoms. The lowest BCUT2D eigenvalue weighted by atomic mass is 9.93. The van der Waals surface area contributed by atoms with Gasteiger partial charge in [0.2, 0.25) is 5.91 Å². The molecule has 2 fully saturated rings. The molecule has 0 radical (unpaired) electrons. The van der Waals surface area contributed by atoms with Gasteiger partial charge in [-0.05, 0) is 55.5 Å². The van der Waals surface area contributed by atoms with Crippen LogP contribution in [0, 0.1) is 11.2 Å². The zero-order chi connectivity index (χ0) is 24.7. The number of halogens is 4. The van der Waals surface area contributed by atoms with Gasteiger partial charge in [0.05, 0.1) is 16.5 Å². The minimum absolute atomic E-state index is 0.131. The Hall–Kier alpha value is -3.69. The van der Waals surface area contributed by atoms with Crippen molar-refractivity contribution < 1.29 is 32.3 Å². The van der Waals surface area contributed by atoms with Crippen molar-refractivity contribution in [2.24, 2.45) is 0 Å². The second-order valence-corrected chi connectivity index (χ2v) is 8.48. The number of carbonyl (C=O) groups excluding carboxylic acids is 1. The lowest BCUT2D eigenvalue weighted by molar-refractivity contribution is -0.137. The number of hydrogen-bond acceptors (Lipinski definition) is 4. The summed E-state index contributed by atoms with van der Waals surface area (Å²) in [5, 5.41) is 23.0. The fourth-order valence-electron chi connectivity index (χ4n) is 3.78. The van der Waals surface area contributed by atoms with Crippen LogP contribution >= 0.6 is 0 Å². The maximum atomic E-state index is 14.5. The van der Waals surface area contributed by atoms with Crippen LogP contribution in [-0.4, -0.2) is 29.2 Å². The predicted molar refractivity (Wildman–Crippen MR) is 117 cm³/mol. The zero-order valence-corrected chi connectivity index (χ0v) is 17.8. The Morgan fingerprint density at radius 1 is 1.09 bits per heavy atom. The normalized spacial score (nSPS) is 17.1. The van der Waals surface area contributed by atoms with E-state index in [0.717, 1.165) is 31.2 Å². The maximum absolute atomic E-state index is 14.5. The Morgan fingerprint density at radius 2 is 1.79 bits per heavy atom. The molecule has 0 aliphatic heterocycles. The number of nitrogens with one attached hydrogen (secondary N) is 3. The molecule has 2 aromatic rings. The third kappa shape index (κ3) is 4.66. The van der Waals surface area contributed by atoms with Crippen LogP contribution in [0.1, 0.15) is 52.7 Å². The van der Waals surface area contributed by atoms with Crippen LogP contribution in [0.4, 0.5) is 23.2 Å². The number of alkyl halides is 3. The van der Waals surface area contributed by atoms with E-state index in [0.29, 0.717) is 17.7 Å². The van der Waals surface area contributed by atoms with Crippen molar-refractivity contribution in [1.29, 1.82) is 5.41 Å². The minimum atomic E-state index is -4.70. The van der Waals surface area contributed by atoms with Gasteiger partial charge in [-0.2, -0.15) is 13.2 Å². The van der Waals surface area contributed by atoms with Gasteiger partial charge < -0.3 is 21.1 Å². The van der Waals surface area contributed by atoms with Crippen molar-refractivity contribution in [3.05, 3.63) is 70.7 Å². The van der Waals surface area contributed by atoms with Gasteiger partial charge in [0.15, 0.2) is 0 Å². The van der Waals surface area contributed by atoms with Crippen LogP contribution in [0.5, 0.6) is 0 Å². The van der Waals surface area contributed by atoms with E-state index in [1.54, 1.807) is 6.20 Å². The van der Waals surface area contributed by atoms with Crippen molar-refractivity contribution in [2.45, 2.75) is 43.3 Å². The van der Waals surface area contributed by atoms with Gasteiger partial charge in [-0.1, -0.05) is 12.1 Å². The Labute approximate surface area is 192 Å². The van der Waals surface area contributed by atoms with Gasteiger partial charge in [0.1, 0.15) is 5.82 Å². The second-order valence-electron chi connectivity index (χ2n) is 8.48. The van der Waals surface area contributed by atoms with Crippen LogP contribution in [0.15, 0.2) is 42.6 Å². The van der Waals surface area contributed by atoms with E-state index < -0.39 is 34.8 Å². The molecule has 1 amide bonds. The van der Waals surface area contributed by atoms with Gasteiger partial charge in [-0.15, -0.1) is 0 Å². The number of rotatable bonds is 8. The average molecular weight is 475 g/mol. The number of anilines is 1. The Morgan fingerprint density at radius 3 is 2.32 bits per heavy atom. The second kappa shape index (κ2) is 8.58. The van der Waals surface area contributed by atoms with Gasteiger partial charge in [0.25, 0.3) is 0 Å². The van der Waals surface area contributed by atoms with Crippen LogP contribution in [0.3, 0.4) is 0 Å². The molecule has 0 atom stereocenters. The molecule has 2 aromatic carbocycles. The summed E-state index contributed by atoms with van der Waals surface area (Å²) in [5.41, 5.74) is -1.95. The molecule has 2 aliphatic carbocycles. The molecule has 0 unspecified atom stereocenters.